The number of anilines is 1. The third-order valence-electron chi connectivity index (χ3n) is 2.55. The number of aromatic amines is 1. The molecule has 1 aromatic carbocycles. The number of benzene rings is 1. The van der Waals surface area contributed by atoms with Crippen molar-refractivity contribution in [1.82, 2.24) is 10.2 Å². The first-order valence-electron chi connectivity index (χ1n) is 5.83. The van der Waals surface area contributed by atoms with E-state index in [9.17, 15) is 4.79 Å². The zero-order chi connectivity index (χ0) is 13.7. The van der Waals surface area contributed by atoms with Gasteiger partial charge in [0.05, 0.1) is 17.6 Å². The van der Waals surface area contributed by atoms with Crippen LogP contribution in [-0.2, 0) is 0 Å². The van der Waals surface area contributed by atoms with Crippen LogP contribution in [0.25, 0.3) is 0 Å². The van der Waals surface area contributed by atoms with Gasteiger partial charge in [0.1, 0.15) is 4.47 Å². The summed E-state index contributed by atoms with van der Waals surface area (Å²) in [5.41, 5.74) is 5.06. The van der Waals surface area contributed by atoms with Crippen LogP contribution in [0.4, 0.5) is 5.69 Å². The van der Waals surface area contributed by atoms with Crippen LogP contribution in [-0.4, -0.2) is 15.9 Å². The molecule has 0 aliphatic rings. The van der Waals surface area contributed by atoms with Crippen LogP contribution in [0, 0.1) is 0 Å². The molecular formula is C13H13BrN4O. The Hall–Kier alpha value is -1.95. The van der Waals surface area contributed by atoms with Crippen molar-refractivity contribution in [2.24, 2.45) is 5.10 Å². The van der Waals surface area contributed by atoms with E-state index >= 15 is 0 Å². The lowest BCUT2D eigenvalue weighted by Crippen LogP contribution is -2.11. The third kappa shape index (κ3) is 3.29. The number of hydrogen-bond acceptors (Lipinski definition) is 4. The molecule has 0 atom stereocenters. The number of H-pyrrole nitrogens is 1. The zero-order valence-corrected chi connectivity index (χ0v) is 11.9. The molecule has 2 rings (SSSR count). The minimum Gasteiger partial charge on any atom is -0.275 e. The second-order valence-corrected chi connectivity index (χ2v) is 4.61. The lowest BCUT2D eigenvalue weighted by molar-refractivity contribution is 0.976. The normalized spacial score (nSPS) is 11.4. The molecule has 0 radical (unpaired) electrons. The number of aromatic nitrogens is 2. The van der Waals surface area contributed by atoms with Gasteiger partial charge in [-0.05, 0) is 27.9 Å². The van der Waals surface area contributed by atoms with E-state index < -0.39 is 0 Å². The van der Waals surface area contributed by atoms with Crippen LogP contribution in [0.1, 0.15) is 18.9 Å². The molecule has 0 saturated carbocycles. The van der Waals surface area contributed by atoms with Gasteiger partial charge in [0.15, 0.2) is 0 Å². The highest BCUT2D eigenvalue weighted by molar-refractivity contribution is 9.10. The van der Waals surface area contributed by atoms with E-state index in [1.807, 2.05) is 37.3 Å². The van der Waals surface area contributed by atoms with Gasteiger partial charge in [-0.3, -0.25) is 10.2 Å². The third-order valence-corrected chi connectivity index (χ3v) is 3.34. The van der Waals surface area contributed by atoms with Gasteiger partial charge >= 0.3 is 0 Å². The Bertz CT molecular complexity index is 637. The number of hydrazone groups is 1. The van der Waals surface area contributed by atoms with E-state index in [4.69, 9.17) is 0 Å². The molecule has 0 amide bonds. The molecule has 6 heteroatoms. The van der Waals surface area contributed by atoms with Gasteiger partial charge in [-0.15, -0.1) is 0 Å². The predicted molar refractivity (Wildman–Crippen MR) is 79.5 cm³/mol. The van der Waals surface area contributed by atoms with Crippen LogP contribution in [0.2, 0.25) is 0 Å². The molecule has 98 valence electrons. The average Bonchev–Trinajstić information content (AvgIpc) is 2.45. The van der Waals surface area contributed by atoms with Gasteiger partial charge in [-0.1, -0.05) is 37.3 Å². The van der Waals surface area contributed by atoms with E-state index in [0.29, 0.717) is 10.2 Å². The average molecular weight is 321 g/mol. The number of nitrogens with zero attached hydrogens (tertiary/aromatic N) is 2. The van der Waals surface area contributed by atoms with Gasteiger partial charge in [0, 0.05) is 0 Å². The smallest absolute Gasteiger partial charge is 0.275 e. The van der Waals surface area contributed by atoms with Gasteiger partial charge in [0.2, 0.25) is 0 Å². The Morgan fingerprint density at radius 3 is 2.84 bits per heavy atom. The van der Waals surface area contributed by atoms with E-state index in [-0.39, 0.29) is 5.56 Å². The van der Waals surface area contributed by atoms with Crippen molar-refractivity contribution in [2.45, 2.75) is 13.3 Å². The van der Waals surface area contributed by atoms with E-state index in [1.165, 1.54) is 6.20 Å². The highest BCUT2D eigenvalue weighted by Crippen LogP contribution is 2.15. The summed E-state index contributed by atoms with van der Waals surface area (Å²) in [6.07, 6.45) is 2.29. The van der Waals surface area contributed by atoms with Crippen molar-refractivity contribution in [3.05, 3.63) is 56.9 Å². The number of rotatable bonds is 4. The summed E-state index contributed by atoms with van der Waals surface area (Å²) in [4.78, 5) is 11.4. The van der Waals surface area contributed by atoms with E-state index in [1.54, 1.807) is 0 Å². The maximum absolute atomic E-state index is 11.4. The molecule has 19 heavy (non-hydrogen) atoms. The molecule has 0 saturated heterocycles. The lowest BCUT2D eigenvalue weighted by atomic mass is 10.1. The van der Waals surface area contributed by atoms with Gasteiger partial charge in [-0.25, -0.2) is 5.10 Å². The molecule has 1 aromatic heterocycles. The fourth-order valence-corrected chi connectivity index (χ4v) is 1.85. The molecule has 0 unspecified atom stereocenters. The number of nitrogens with one attached hydrogen (secondary N) is 2. The zero-order valence-electron chi connectivity index (χ0n) is 10.4. The quantitative estimate of drug-likeness (QED) is 0.672. The highest BCUT2D eigenvalue weighted by Gasteiger charge is 2.04. The molecule has 2 N–H and O–H groups in total. The van der Waals surface area contributed by atoms with Crippen molar-refractivity contribution in [1.29, 1.82) is 0 Å². The predicted octanol–water partition coefficient (Wildman–Crippen LogP) is 2.76. The van der Waals surface area contributed by atoms with Crippen molar-refractivity contribution in [3.63, 3.8) is 0 Å². The van der Waals surface area contributed by atoms with Crippen LogP contribution in [0.15, 0.2) is 50.9 Å². The van der Waals surface area contributed by atoms with Crippen LogP contribution >= 0.6 is 15.9 Å². The summed E-state index contributed by atoms with van der Waals surface area (Å²) >= 11 is 3.19. The van der Waals surface area contributed by atoms with Crippen molar-refractivity contribution < 1.29 is 0 Å². The molecular weight excluding hydrogens is 308 g/mol. The van der Waals surface area contributed by atoms with Crippen molar-refractivity contribution >= 4 is 27.3 Å². The Labute approximate surface area is 118 Å². The Kier molecular flexibility index (Phi) is 4.46. The Morgan fingerprint density at radius 1 is 1.42 bits per heavy atom. The van der Waals surface area contributed by atoms with Gasteiger partial charge in [-0.2, -0.15) is 10.2 Å². The first kappa shape index (κ1) is 13.5. The fraction of sp³-hybridized carbons (Fsp3) is 0.154. The summed E-state index contributed by atoms with van der Waals surface area (Å²) in [6.45, 7) is 2.03. The standard InChI is InChI=1S/C13H13BrN4O/c1-2-10(9-6-4-3-5-7-9)16-17-11-8-15-18-13(19)12(11)14/h3-8H,2H2,1H3,(H2,17,18,19). The second-order valence-electron chi connectivity index (χ2n) is 3.82. The molecule has 0 aliphatic carbocycles. The SMILES string of the molecule is CCC(=NNc1cn[nH]c(=O)c1Br)c1ccccc1. The van der Waals surface area contributed by atoms with E-state index in [0.717, 1.165) is 17.7 Å². The summed E-state index contributed by atoms with van der Waals surface area (Å²) in [5, 5.41) is 10.4. The number of halogens is 1. The molecule has 0 bridgehead atoms. The fourth-order valence-electron chi connectivity index (χ4n) is 1.57. The molecule has 1 heterocycles. The monoisotopic (exact) mass is 320 g/mol. The molecule has 2 aromatic rings. The molecule has 5 nitrogen and oxygen atoms in total. The maximum atomic E-state index is 11.4. The summed E-state index contributed by atoms with van der Waals surface area (Å²) < 4.78 is 0.384. The Balaban J connectivity index is 2.26. The second kappa shape index (κ2) is 6.29. The molecule has 0 aliphatic heterocycles. The number of hydrogen-bond donors (Lipinski definition) is 2. The topological polar surface area (TPSA) is 70.1 Å². The summed E-state index contributed by atoms with van der Waals surface area (Å²) in [6, 6.07) is 9.88. The van der Waals surface area contributed by atoms with Crippen LogP contribution in [0.3, 0.4) is 0 Å². The van der Waals surface area contributed by atoms with E-state index in [2.05, 4.69) is 36.7 Å². The largest absolute Gasteiger partial charge is 0.280 e. The van der Waals surface area contributed by atoms with Crippen LogP contribution in [0.5, 0.6) is 0 Å². The molecule has 0 spiro atoms. The minimum atomic E-state index is -0.294. The lowest BCUT2D eigenvalue weighted by Gasteiger charge is -2.06. The van der Waals surface area contributed by atoms with Crippen molar-refractivity contribution in [2.75, 3.05) is 5.43 Å². The maximum Gasteiger partial charge on any atom is 0.280 e. The van der Waals surface area contributed by atoms with Gasteiger partial charge < -0.3 is 0 Å². The highest BCUT2D eigenvalue weighted by atomic mass is 79.9. The summed E-state index contributed by atoms with van der Waals surface area (Å²) in [5.74, 6) is 0. The summed E-state index contributed by atoms with van der Waals surface area (Å²) in [7, 11) is 0. The van der Waals surface area contributed by atoms with Crippen LogP contribution < -0.4 is 11.0 Å². The first-order valence-corrected chi connectivity index (χ1v) is 6.63. The Morgan fingerprint density at radius 2 is 2.16 bits per heavy atom. The van der Waals surface area contributed by atoms with Gasteiger partial charge in [0.25, 0.3) is 5.56 Å². The first-order chi connectivity index (χ1) is 9.22. The van der Waals surface area contributed by atoms with Crippen molar-refractivity contribution in [3.8, 4) is 0 Å². The minimum absolute atomic E-state index is 0.294. The molecule has 0 fully saturated rings.